The number of aromatic nitrogens is 6. The lowest BCUT2D eigenvalue weighted by Crippen LogP contribution is -2.24. The molecule has 9 nitrogen and oxygen atoms in total. The van der Waals surface area contributed by atoms with E-state index in [9.17, 15) is 4.79 Å². The zero-order valence-electron chi connectivity index (χ0n) is 17.7. The number of pyridine rings is 1. The molecule has 0 aliphatic carbocycles. The highest BCUT2D eigenvalue weighted by Crippen LogP contribution is 2.31. The quantitative estimate of drug-likeness (QED) is 0.479. The molecule has 4 aromatic rings. The number of amides is 1. The van der Waals surface area contributed by atoms with E-state index < -0.39 is 0 Å². The van der Waals surface area contributed by atoms with Crippen molar-refractivity contribution in [2.24, 2.45) is 0 Å². The Labute approximate surface area is 179 Å². The van der Waals surface area contributed by atoms with Crippen LogP contribution in [0, 0.1) is 0 Å². The van der Waals surface area contributed by atoms with Gasteiger partial charge in [0.2, 0.25) is 0 Å². The lowest BCUT2D eigenvalue weighted by atomic mass is 10.1. The normalized spacial score (nSPS) is 13.5. The fraction of sp³-hybridized carbons (Fsp3) is 0.318. The van der Waals surface area contributed by atoms with Crippen LogP contribution in [0.25, 0.3) is 22.4 Å². The Morgan fingerprint density at radius 2 is 2.10 bits per heavy atom. The van der Waals surface area contributed by atoms with Crippen LogP contribution in [0.15, 0.2) is 42.9 Å². The van der Waals surface area contributed by atoms with Gasteiger partial charge in [-0.2, -0.15) is 5.10 Å². The first-order chi connectivity index (χ1) is 15.1. The maximum Gasteiger partial charge on any atom is 0.260 e. The summed E-state index contributed by atoms with van der Waals surface area (Å²) in [6.07, 6.45) is 3.53. The monoisotopic (exact) mass is 417 g/mol. The van der Waals surface area contributed by atoms with Gasteiger partial charge < -0.3 is 9.30 Å². The van der Waals surface area contributed by atoms with E-state index in [-0.39, 0.29) is 11.9 Å². The summed E-state index contributed by atoms with van der Waals surface area (Å²) in [4.78, 5) is 19.7. The highest BCUT2D eigenvalue weighted by molar-refractivity contribution is 6.11. The third kappa shape index (κ3) is 3.27. The first-order valence-corrected chi connectivity index (χ1v) is 10.2. The van der Waals surface area contributed by atoms with Crippen LogP contribution in [0.3, 0.4) is 0 Å². The van der Waals surface area contributed by atoms with Crippen LogP contribution in [0.4, 0.5) is 5.82 Å². The number of fused-ring (bicyclic) bond motifs is 2. The average Bonchev–Trinajstić information content (AvgIpc) is 3.49. The second-order valence-corrected chi connectivity index (χ2v) is 7.86. The molecule has 158 valence electrons. The first-order valence-electron chi connectivity index (χ1n) is 10.2. The minimum absolute atomic E-state index is 0.0635. The predicted octanol–water partition coefficient (Wildman–Crippen LogP) is 3.08. The highest BCUT2D eigenvalue weighted by atomic mass is 16.5. The maximum atomic E-state index is 13.3. The van der Waals surface area contributed by atoms with E-state index in [1.54, 1.807) is 18.3 Å². The molecule has 1 amide bonds. The van der Waals surface area contributed by atoms with Gasteiger partial charge >= 0.3 is 0 Å². The van der Waals surface area contributed by atoms with Crippen molar-refractivity contribution in [3.8, 4) is 11.5 Å². The summed E-state index contributed by atoms with van der Waals surface area (Å²) in [5.41, 5.74) is 3.27. The Bertz CT molecular complexity index is 1270. The van der Waals surface area contributed by atoms with Crippen LogP contribution in [0.1, 0.15) is 35.8 Å². The number of hydrogen-bond acceptors (Lipinski definition) is 6. The van der Waals surface area contributed by atoms with Crippen LogP contribution in [0.5, 0.6) is 0 Å². The lowest BCUT2D eigenvalue weighted by molar-refractivity contribution is 0.0996. The molecule has 5 rings (SSSR count). The third-order valence-corrected chi connectivity index (χ3v) is 5.55. The van der Waals surface area contributed by atoms with E-state index in [1.165, 1.54) is 0 Å². The molecule has 0 fully saturated rings. The number of ether oxygens (including phenoxy) is 1. The van der Waals surface area contributed by atoms with Crippen molar-refractivity contribution in [3.63, 3.8) is 0 Å². The van der Waals surface area contributed by atoms with Gasteiger partial charge in [-0.25, -0.2) is 4.98 Å². The van der Waals surface area contributed by atoms with Crippen LogP contribution in [-0.4, -0.2) is 49.2 Å². The van der Waals surface area contributed by atoms with E-state index in [2.05, 4.69) is 29.1 Å². The van der Waals surface area contributed by atoms with Crippen molar-refractivity contribution < 1.29 is 9.53 Å². The summed E-state index contributed by atoms with van der Waals surface area (Å²) < 4.78 is 8.99. The molecule has 0 unspecified atom stereocenters. The molecule has 9 heteroatoms. The minimum atomic E-state index is -0.0635. The summed E-state index contributed by atoms with van der Waals surface area (Å²) in [7, 11) is 1.66. The summed E-state index contributed by atoms with van der Waals surface area (Å²) >= 11 is 0. The molecule has 3 aromatic heterocycles. The van der Waals surface area contributed by atoms with Crippen molar-refractivity contribution in [3.05, 3.63) is 54.0 Å². The number of benzene rings is 1. The van der Waals surface area contributed by atoms with Crippen molar-refractivity contribution in [1.82, 2.24) is 29.5 Å². The second-order valence-electron chi connectivity index (χ2n) is 7.86. The van der Waals surface area contributed by atoms with Crippen molar-refractivity contribution in [2.75, 3.05) is 18.6 Å². The SMILES string of the molecule is COCCn1ncc2cc3c(cc21)C(=O)N(c1cccc(-c2nncn2C(C)C)n1)C3. The smallest absolute Gasteiger partial charge is 0.260 e. The van der Waals surface area contributed by atoms with Gasteiger partial charge in [-0.3, -0.25) is 14.4 Å². The maximum absolute atomic E-state index is 13.3. The molecule has 31 heavy (non-hydrogen) atoms. The Kier molecular flexibility index (Phi) is 4.74. The molecule has 0 saturated carbocycles. The minimum Gasteiger partial charge on any atom is -0.383 e. The highest BCUT2D eigenvalue weighted by Gasteiger charge is 2.30. The Hall–Kier alpha value is -3.59. The molecular weight excluding hydrogens is 394 g/mol. The summed E-state index contributed by atoms with van der Waals surface area (Å²) in [6.45, 7) is 5.80. The summed E-state index contributed by atoms with van der Waals surface area (Å²) in [5, 5.41) is 13.7. The van der Waals surface area contributed by atoms with Gasteiger partial charge in [0.15, 0.2) is 5.82 Å². The van der Waals surface area contributed by atoms with Gasteiger partial charge in [0.1, 0.15) is 17.8 Å². The van der Waals surface area contributed by atoms with Crippen molar-refractivity contribution in [1.29, 1.82) is 0 Å². The fourth-order valence-corrected chi connectivity index (χ4v) is 3.93. The number of carbonyl (C=O) groups is 1. The topological polar surface area (TPSA) is 91.0 Å². The number of anilines is 1. The summed E-state index contributed by atoms with van der Waals surface area (Å²) in [5.74, 6) is 1.22. The molecule has 1 aliphatic heterocycles. The number of carbonyl (C=O) groups excluding carboxylic acids is 1. The van der Waals surface area contributed by atoms with E-state index in [4.69, 9.17) is 9.72 Å². The molecule has 1 aliphatic rings. The molecule has 0 N–H and O–H groups in total. The van der Waals surface area contributed by atoms with E-state index in [1.807, 2.05) is 45.8 Å². The Morgan fingerprint density at radius 1 is 1.23 bits per heavy atom. The second kappa shape index (κ2) is 7.59. The zero-order valence-corrected chi connectivity index (χ0v) is 17.7. The standard InChI is InChI=1S/C22H23N7O2/c1-14(2)28-13-23-26-21(28)18-5-4-6-20(25-18)27-12-16-9-15-11-24-29(7-8-31-3)19(15)10-17(16)22(27)30/h4-6,9-11,13-14H,7-8,12H2,1-3H3. The van der Waals surface area contributed by atoms with E-state index >= 15 is 0 Å². The number of hydrogen-bond donors (Lipinski definition) is 0. The predicted molar refractivity (Wildman–Crippen MR) is 116 cm³/mol. The van der Waals surface area contributed by atoms with Crippen LogP contribution in [0.2, 0.25) is 0 Å². The largest absolute Gasteiger partial charge is 0.383 e. The molecule has 0 atom stereocenters. The molecule has 0 spiro atoms. The molecule has 0 saturated heterocycles. The molecule has 4 heterocycles. The molecule has 0 radical (unpaired) electrons. The van der Waals surface area contributed by atoms with Crippen LogP contribution < -0.4 is 4.90 Å². The lowest BCUT2D eigenvalue weighted by Gasteiger charge is -2.16. The number of nitrogens with zero attached hydrogens (tertiary/aromatic N) is 7. The first kappa shape index (κ1) is 19.4. The van der Waals surface area contributed by atoms with E-state index in [0.717, 1.165) is 16.5 Å². The third-order valence-electron chi connectivity index (χ3n) is 5.55. The van der Waals surface area contributed by atoms with Crippen molar-refractivity contribution >= 4 is 22.6 Å². The van der Waals surface area contributed by atoms with Gasteiger partial charge in [0.25, 0.3) is 5.91 Å². The Morgan fingerprint density at radius 3 is 2.90 bits per heavy atom. The zero-order chi connectivity index (χ0) is 21.5. The van der Waals surface area contributed by atoms with Gasteiger partial charge in [0, 0.05) is 24.1 Å². The molecular formula is C22H23N7O2. The number of methoxy groups -OCH3 is 1. The fourth-order valence-electron chi connectivity index (χ4n) is 3.93. The van der Waals surface area contributed by atoms with Crippen molar-refractivity contribution in [2.45, 2.75) is 33.0 Å². The van der Waals surface area contributed by atoms with Crippen LogP contribution in [-0.2, 0) is 17.8 Å². The van der Waals surface area contributed by atoms with Crippen LogP contribution >= 0.6 is 0 Å². The van der Waals surface area contributed by atoms with Gasteiger partial charge in [-0.05, 0) is 43.7 Å². The van der Waals surface area contributed by atoms with E-state index in [0.29, 0.717) is 42.6 Å². The van der Waals surface area contributed by atoms with Gasteiger partial charge in [-0.1, -0.05) is 6.07 Å². The molecule has 1 aromatic carbocycles. The summed E-state index contributed by atoms with van der Waals surface area (Å²) in [6, 6.07) is 9.81. The average molecular weight is 417 g/mol. The number of rotatable bonds is 6. The van der Waals surface area contributed by atoms with Gasteiger partial charge in [0.05, 0.1) is 31.4 Å². The van der Waals surface area contributed by atoms with Gasteiger partial charge in [-0.15, -0.1) is 10.2 Å². The molecule has 0 bridgehead atoms. The Balaban J connectivity index is 1.49.